The molecule has 0 saturated carbocycles. The zero-order valence-electron chi connectivity index (χ0n) is 22.5. The Morgan fingerprint density at radius 1 is 1.14 bits per heavy atom. The second-order valence-corrected chi connectivity index (χ2v) is 15.9. The van der Waals surface area contributed by atoms with Crippen molar-refractivity contribution in [1.82, 2.24) is 0 Å². The summed E-state index contributed by atoms with van der Waals surface area (Å²) in [6.07, 6.45) is 0.165. The molecule has 196 valence electrons. The normalized spacial score (nSPS) is 26.8. The van der Waals surface area contributed by atoms with Crippen LogP contribution in [0.1, 0.15) is 53.5 Å². The fraction of sp³-hybridized carbons (Fsp3) is 0.667. The van der Waals surface area contributed by atoms with Crippen LogP contribution in [-0.2, 0) is 39.5 Å². The van der Waals surface area contributed by atoms with E-state index in [2.05, 4.69) is 33.9 Å². The molecule has 0 radical (unpaired) electrons. The fourth-order valence-electron chi connectivity index (χ4n) is 3.95. The minimum atomic E-state index is -2.12. The van der Waals surface area contributed by atoms with Gasteiger partial charge in [-0.25, -0.2) is 4.79 Å². The molecule has 2 aliphatic rings. The van der Waals surface area contributed by atoms with Crippen LogP contribution in [0.4, 0.5) is 0 Å². The Morgan fingerprint density at radius 3 is 2.46 bits per heavy atom. The first-order valence-electron chi connectivity index (χ1n) is 12.5. The van der Waals surface area contributed by atoms with Crippen molar-refractivity contribution in [1.29, 1.82) is 0 Å². The Hall–Kier alpha value is -1.71. The number of carbonyl (C=O) groups excluding carboxylic acids is 1. The highest BCUT2D eigenvalue weighted by atomic mass is 28.4. The first-order valence-corrected chi connectivity index (χ1v) is 15.4. The van der Waals surface area contributed by atoms with Crippen LogP contribution >= 0.6 is 0 Å². The van der Waals surface area contributed by atoms with E-state index in [9.17, 15) is 4.79 Å². The number of ether oxygens (including phenoxy) is 5. The van der Waals surface area contributed by atoms with Crippen LogP contribution in [0.5, 0.6) is 0 Å². The molecule has 1 aromatic carbocycles. The number of hydrogen-bond acceptors (Lipinski definition) is 7. The smallest absolute Gasteiger partial charge is 0.335 e. The Balaban J connectivity index is 1.80. The first kappa shape index (κ1) is 27.9. The third-order valence-electron chi connectivity index (χ3n) is 6.74. The van der Waals surface area contributed by atoms with Gasteiger partial charge in [-0.3, -0.25) is 0 Å². The average molecular weight is 507 g/mol. The lowest BCUT2D eigenvalue weighted by Gasteiger charge is -2.40. The predicted octanol–water partition coefficient (Wildman–Crippen LogP) is 5.35. The molecule has 0 spiro atoms. The number of benzene rings is 1. The molecule has 3 rings (SSSR count). The third kappa shape index (κ3) is 7.39. The van der Waals surface area contributed by atoms with Gasteiger partial charge in [-0.15, -0.1) is 0 Å². The van der Waals surface area contributed by atoms with Gasteiger partial charge >= 0.3 is 5.97 Å². The second kappa shape index (κ2) is 11.1. The van der Waals surface area contributed by atoms with E-state index >= 15 is 0 Å². The highest BCUT2D eigenvalue weighted by Crippen LogP contribution is 2.40. The molecule has 0 aromatic heterocycles. The lowest BCUT2D eigenvalue weighted by Crippen LogP contribution is -2.47. The molecule has 1 saturated heterocycles. The molecule has 7 nitrogen and oxygen atoms in total. The van der Waals surface area contributed by atoms with Crippen molar-refractivity contribution < 1.29 is 32.9 Å². The number of hydrogen-bond donors (Lipinski definition) is 0. The summed E-state index contributed by atoms with van der Waals surface area (Å²) in [4.78, 5) is 12.7. The SMILES string of the molecule is CCOC(=O)[C@@H]1CC(O[Si](C)(C)C(C)(C)C)=C[C@H]([C@@H]2OC(C)(C)O[C@H]2COCc2ccccc2)O1. The largest absolute Gasteiger partial charge is 0.547 e. The van der Waals surface area contributed by atoms with Crippen molar-refractivity contribution in [2.75, 3.05) is 13.2 Å². The maximum atomic E-state index is 12.7. The van der Waals surface area contributed by atoms with Gasteiger partial charge in [-0.05, 0) is 50.5 Å². The van der Waals surface area contributed by atoms with Crippen molar-refractivity contribution >= 4 is 14.3 Å². The Bertz CT molecular complexity index is 875. The summed E-state index contributed by atoms with van der Waals surface area (Å²) in [5.41, 5.74) is 1.09. The third-order valence-corrected chi connectivity index (χ3v) is 11.1. The molecule has 8 heteroatoms. The Kier molecular flexibility index (Phi) is 8.86. The summed E-state index contributed by atoms with van der Waals surface area (Å²) in [7, 11) is -2.12. The van der Waals surface area contributed by atoms with Gasteiger partial charge in [0.2, 0.25) is 8.32 Å². The standard InChI is InChI=1S/C27H42O7Si/c1-9-30-25(28)22-16-20(34-35(7,8)26(2,3)4)15-21(31-22)24-23(32-27(5,6)33-24)18-29-17-19-13-11-10-12-14-19/h10-15,21-24H,9,16-18H2,1-8H3/t21-,22+,23+,24+/m1/s1. The summed E-state index contributed by atoms with van der Waals surface area (Å²) in [5.74, 6) is -0.444. The molecule has 35 heavy (non-hydrogen) atoms. The molecule has 1 fully saturated rings. The molecule has 4 atom stereocenters. The first-order chi connectivity index (χ1) is 16.3. The van der Waals surface area contributed by atoms with Gasteiger partial charge in [0.05, 0.1) is 25.6 Å². The van der Waals surface area contributed by atoms with Crippen LogP contribution < -0.4 is 0 Å². The van der Waals surface area contributed by atoms with Gasteiger partial charge in [0, 0.05) is 6.42 Å². The van der Waals surface area contributed by atoms with Gasteiger partial charge in [0.1, 0.15) is 18.3 Å². The molecule has 0 N–H and O–H groups in total. The molecule has 0 bridgehead atoms. The second-order valence-electron chi connectivity index (χ2n) is 11.2. The zero-order valence-corrected chi connectivity index (χ0v) is 23.5. The van der Waals surface area contributed by atoms with Crippen molar-refractivity contribution in [3.05, 3.63) is 47.7 Å². The van der Waals surface area contributed by atoms with Gasteiger partial charge in [-0.1, -0.05) is 51.1 Å². The van der Waals surface area contributed by atoms with E-state index in [0.717, 1.165) is 11.3 Å². The van der Waals surface area contributed by atoms with Gasteiger partial charge in [-0.2, -0.15) is 0 Å². The maximum Gasteiger partial charge on any atom is 0.335 e. The lowest BCUT2D eigenvalue weighted by molar-refractivity contribution is -0.174. The molecular formula is C27H42O7Si. The molecule has 0 amide bonds. The van der Waals surface area contributed by atoms with Gasteiger partial charge < -0.3 is 28.1 Å². The topological polar surface area (TPSA) is 72.5 Å². The van der Waals surface area contributed by atoms with E-state index in [4.69, 9.17) is 28.1 Å². The van der Waals surface area contributed by atoms with E-state index in [0.29, 0.717) is 19.6 Å². The number of carbonyl (C=O) groups is 1. The summed E-state index contributed by atoms with van der Waals surface area (Å²) < 4.78 is 36.6. The van der Waals surface area contributed by atoms with Crippen LogP contribution in [0.2, 0.25) is 18.1 Å². The van der Waals surface area contributed by atoms with Gasteiger partial charge in [0.25, 0.3) is 0 Å². The van der Waals surface area contributed by atoms with Crippen LogP contribution in [0.15, 0.2) is 42.2 Å². The quantitative estimate of drug-likeness (QED) is 0.330. The molecule has 0 aliphatic carbocycles. The molecule has 2 aliphatic heterocycles. The van der Waals surface area contributed by atoms with E-state index < -0.39 is 38.4 Å². The highest BCUT2D eigenvalue weighted by molar-refractivity contribution is 6.74. The minimum absolute atomic E-state index is 0.0177. The summed E-state index contributed by atoms with van der Waals surface area (Å²) in [6, 6.07) is 10.00. The maximum absolute atomic E-state index is 12.7. The summed E-state index contributed by atoms with van der Waals surface area (Å²) >= 11 is 0. The highest BCUT2D eigenvalue weighted by Gasteiger charge is 2.48. The summed E-state index contributed by atoms with van der Waals surface area (Å²) in [5, 5.41) is 0.0177. The molecule has 0 unspecified atom stereocenters. The average Bonchev–Trinajstić information content (AvgIpc) is 3.08. The predicted molar refractivity (Wildman–Crippen MR) is 136 cm³/mol. The lowest BCUT2D eigenvalue weighted by atomic mass is 10.0. The van der Waals surface area contributed by atoms with Crippen molar-refractivity contribution in [3.63, 3.8) is 0 Å². The molecule has 1 aromatic rings. The van der Waals surface area contributed by atoms with Crippen molar-refractivity contribution in [2.45, 2.75) is 103 Å². The van der Waals surface area contributed by atoms with Crippen LogP contribution in [0, 0.1) is 0 Å². The van der Waals surface area contributed by atoms with E-state index in [1.807, 2.05) is 50.3 Å². The van der Waals surface area contributed by atoms with E-state index in [1.54, 1.807) is 6.92 Å². The van der Waals surface area contributed by atoms with E-state index in [-0.39, 0.29) is 17.7 Å². The molecular weight excluding hydrogens is 464 g/mol. The zero-order chi connectivity index (χ0) is 25.9. The fourth-order valence-corrected chi connectivity index (χ4v) is 5.06. The van der Waals surface area contributed by atoms with Crippen molar-refractivity contribution in [2.24, 2.45) is 0 Å². The molecule has 2 heterocycles. The van der Waals surface area contributed by atoms with Crippen molar-refractivity contribution in [3.8, 4) is 0 Å². The van der Waals surface area contributed by atoms with Crippen LogP contribution in [0.3, 0.4) is 0 Å². The summed E-state index contributed by atoms with van der Waals surface area (Å²) in [6.45, 7) is 17.6. The van der Waals surface area contributed by atoms with Gasteiger partial charge in [0.15, 0.2) is 11.9 Å². The van der Waals surface area contributed by atoms with E-state index in [1.165, 1.54) is 0 Å². The number of esters is 1. The Morgan fingerprint density at radius 2 is 1.83 bits per heavy atom. The van der Waals surface area contributed by atoms with Crippen LogP contribution in [-0.4, -0.2) is 57.7 Å². The minimum Gasteiger partial charge on any atom is -0.547 e. The van der Waals surface area contributed by atoms with Crippen LogP contribution in [0.25, 0.3) is 0 Å². The number of rotatable bonds is 9. The Labute approximate surface area is 211 Å². The monoisotopic (exact) mass is 506 g/mol.